The average molecular weight is 165 g/mol. The van der Waals surface area contributed by atoms with Crippen LogP contribution in [0.15, 0.2) is 0 Å². The Kier molecular flexibility index (Phi) is 4.79. The Balaban J connectivity index is 0.000000490. The van der Waals surface area contributed by atoms with Gasteiger partial charge in [-0.2, -0.15) is 0 Å². The summed E-state index contributed by atoms with van der Waals surface area (Å²) >= 11 is 0. The molecule has 1 aliphatic carbocycles. The molecule has 0 aromatic rings. The van der Waals surface area contributed by atoms with Crippen LogP contribution in [0.5, 0.6) is 0 Å². The van der Waals surface area contributed by atoms with Crippen LogP contribution in [0.25, 0.3) is 0 Å². The minimum Gasteiger partial charge on any atom is -0.328 e. The molecule has 2 heteroatoms. The van der Waals surface area contributed by atoms with Crippen LogP contribution in [-0.2, 0) is 19.5 Å². The molecule has 2 N–H and O–H groups in total. The Labute approximate surface area is 63.8 Å². The van der Waals surface area contributed by atoms with Gasteiger partial charge in [0.15, 0.2) is 0 Å². The Hall–Kier alpha value is 0.583. The van der Waals surface area contributed by atoms with Gasteiger partial charge in [0, 0.05) is 25.5 Å². The molecule has 0 amide bonds. The summed E-state index contributed by atoms with van der Waals surface area (Å²) in [6, 6.07) is 0.536. The van der Waals surface area contributed by atoms with E-state index in [4.69, 9.17) is 5.73 Å². The predicted octanol–water partition coefficient (Wildman–Crippen LogP) is 1.28. The fourth-order valence-corrected chi connectivity index (χ4v) is 1.13. The van der Waals surface area contributed by atoms with Gasteiger partial charge in [-0.25, -0.2) is 0 Å². The molecule has 0 aromatic carbocycles. The zero-order chi connectivity index (χ0) is 5.11. The maximum absolute atomic E-state index is 5.63. The van der Waals surface area contributed by atoms with Gasteiger partial charge in [-0.15, -0.1) is 0 Å². The van der Waals surface area contributed by atoms with Crippen LogP contribution >= 0.6 is 0 Å². The fraction of sp³-hybridized carbons (Fsp3) is 1.00. The van der Waals surface area contributed by atoms with Crippen LogP contribution in [0.1, 0.15) is 32.1 Å². The quantitative estimate of drug-likeness (QED) is 0.537. The Morgan fingerprint density at radius 3 is 1.75 bits per heavy atom. The first-order chi connectivity index (χ1) is 3.39. The van der Waals surface area contributed by atoms with E-state index >= 15 is 0 Å². The number of rotatable bonds is 0. The third kappa shape index (κ3) is 2.79. The molecule has 0 saturated heterocycles. The SMILES string of the molecule is NC1CCCCC1.[Zn]. The van der Waals surface area contributed by atoms with E-state index in [1.807, 2.05) is 0 Å². The van der Waals surface area contributed by atoms with Crippen LogP contribution < -0.4 is 5.73 Å². The van der Waals surface area contributed by atoms with E-state index in [9.17, 15) is 0 Å². The van der Waals surface area contributed by atoms with E-state index in [-0.39, 0.29) is 19.5 Å². The van der Waals surface area contributed by atoms with Gasteiger partial charge >= 0.3 is 0 Å². The predicted molar refractivity (Wildman–Crippen MR) is 31.1 cm³/mol. The van der Waals surface area contributed by atoms with Crippen LogP contribution in [0, 0.1) is 0 Å². The molecular formula is C6H13NZn. The molecule has 0 bridgehead atoms. The van der Waals surface area contributed by atoms with Gasteiger partial charge in [0.05, 0.1) is 0 Å². The minimum absolute atomic E-state index is 0. The summed E-state index contributed by atoms with van der Waals surface area (Å²) in [5.74, 6) is 0. The number of hydrogen-bond acceptors (Lipinski definition) is 1. The second-order valence-electron chi connectivity index (χ2n) is 2.40. The summed E-state index contributed by atoms with van der Waals surface area (Å²) in [6.45, 7) is 0. The molecule has 0 heterocycles. The first kappa shape index (κ1) is 8.58. The zero-order valence-corrected chi connectivity index (χ0v) is 8.36. The van der Waals surface area contributed by atoms with Crippen LogP contribution in [0.2, 0.25) is 0 Å². The van der Waals surface area contributed by atoms with Gasteiger partial charge in [-0.1, -0.05) is 19.3 Å². The number of nitrogens with two attached hydrogens (primary N) is 1. The summed E-state index contributed by atoms with van der Waals surface area (Å²) in [5.41, 5.74) is 5.63. The maximum Gasteiger partial charge on any atom is 0.00388 e. The minimum atomic E-state index is 0. The molecule has 0 atom stereocenters. The summed E-state index contributed by atoms with van der Waals surface area (Å²) in [6.07, 6.45) is 6.66. The van der Waals surface area contributed by atoms with Gasteiger partial charge in [-0.05, 0) is 12.8 Å². The van der Waals surface area contributed by atoms with Crippen molar-refractivity contribution >= 4 is 0 Å². The molecule has 1 aliphatic rings. The van der Waals surface area contributed by atoms with E-state index in [0.29, 0.717) is 6.04 Å². The first-order valence-corrected chi connectivity index (χ1v) is 3.15. The van der Waals surface area contributed by atoms with Crippen LogP contribution in [-0.4, -0.2) is 6.04 Å². The summed E-state index contributed by atoms with van der Waals surface area (Å²) < 4.78 is 0. The second kappa shape index (κ2) is 4.46. The molecule has 0 aromatic heterocycles. The molecule has 0 aliphatic heterocycles. The van der Waals surface area contributed by atoms with E-state index in [2.05, 4.69) is 0 Å². The van der Waals surface area contributed by atoms with E-state index in [1.54, 1.807) is 0 Å². The van der Waals surface area contributed by atoms with Crippen LogP contribution in [0.3, 0.4) is 0 Å². The van der Waals surface area contributed by atoms with Crippen molar-refractivity contribution in [1.29, 1.82) is 0 Å². The topological polar surface area (TPSA) is 26.0 Å². The van der Waals surface area contributed by atoms with Gasteiger partial charge in [0.2, 0.25) is 0 Å². The Morgan fingerprint density at radius 2 is 1.50 bits per heavy atom. The zero-order valence-electron chi connectivity index (χ0n) is 5.40. The van der Waals surface area contributed by atoms with Crippen molar-refractivity contribution < 1.29 is 19.5 Å². The van der Waals surface area contributed by atoms with Gasteiger partial charge in [0.25, 0.3) is 0 Å². The van der Waals surface area contributed by atoms with Gasteiger partial charge in [-0.3, -0.25) is 0 Å². The molecule has 0 unspecified atom stereocenters. The molecule has 1 rings (SSSR count). The molecule has 44 valence electrons. The summed E-state index contributed by atoms with van der Waals surface area (Å²) in [4.78, 5) is 0. The summed E-state index contributed by atoms with van der Waals surface area (Å²) in [7, 11) is 0. The van der Waals surface area contributed by atoms with E-state index in [1.165, 1.54) is 32.1 Å². The van der Waals surface area contributed by atoms with Gasteiger partial charge < -0.3 is 5.73 Å². The van der Waals surface area contributed by atoms with Crippen molar-refractivity contribution in [2.24, 2.45) is 5.73 Å². The second-order valence-corrected chi connectivity index (χ2v) is 2.40. The normalized spacial score (nSPS) is 22.1. The van der Waals surface area contributed by atoms with Crippen molar-refractivity contribution in [2.75, 3.05) is 0 Å². The third-order valence-corrected chi connectivity index (χ3v) is 1.65. The van der Waals surface area contributed by atoms with Crippen molar-refractivity contribution in [1.82, 2.24) is 0 Å². The van der Waals surface area contributed by atoms with Crippen molar-refractivity contribution in [3.63, 3.8) is 0 Å². The summed E-state index contributed by atoms with van der Waals surface area (Å²) in [5, 5.41) is 0. The monoisotopic (exact) mass is 163 g/mol. The van der Waals surface area contributed by atoms with Crippen LogP contribution in [0.4, 0.5) is 0 Å². The first-order valence-electron chi connectivity index (χ1n) is 3.15. The molecular weight excluding hydrogens is 151 g/mol. The third-order valence-electron chi connectivity index (χ3n) is 1.65. The molecule has 8 heavy (non-hydrogen) atoms. The van der Waals surface area contributed by atoms with Crippen molar-refractivity contribution in [3.8, 4) is 0 Å². The maximum atomic E-state index is 5.63. The van der Waals surface area contributed by atoms with E-state index < -0.39 is 0 Å². The largest absolute Gasteiger partial charge is 0.328 e. The number of hydrogen-bond donors (Lipinski definition) is 1. The van der Waals surface area contributed by atoms with E-state index in [0.717, 1.165) is 0 Å². The Morgan fingerprint density at radius 1 is 1.00 bits per heavy atom. The molecule has 0 radical (unpaired) electrons. The standard InChI is InChI=1S/C6H13N.Zn/c7-6-4-2-1-3-5-6;/h6H,1-5,7H2;. The van der Waals surface area contributed by atoms with Gasteiger partial charge in [0.1, 0.15) is 0 Å². The molecule has 0 spiro atoms. The molecule has 1 fully saturated rings. The van der Waals surface area contributed by atoms with Crippen molar-refractivity contribution in [2.45, 2.75) is 38.1 Å². The average Bonchev–Trinajstić information content (AvgIpc) is 1.69. The van der Waals surface area contributed by atoms with Crippen molar-refractivity contribution in [3.05, 3.63) is 0 Å². The fourth-order valence-electron chi connectivity index (χ4n) is 1.13. The Bertz CT molecular complexity index is 50.5. The molecule has 1 saturated carbocycles. The molecule has 1 nitrogen and oxygen atoms in total. The smallest absolute Gasteiger partial charge is 0.00388 e.